The van der Waals surface area contributed by atoms with Gasteiger partial charge in [0.2, 0.25) is 0 Å². The highest BCUT2D eigenvalue weighted by atomic mass is 35.5. The van der Waals surface area contributed by atoms with Crippen LogP contribution >= 0.6 is 23.2 Å². The summed E-state index contributed by atoms with van der Waals surface area (Å²) in [4.78, 5) is 2.21. The minimum absolute atomic E-state index is 0.597. The SMILES string of the molecule is Cc1cc(/C=N/N(C)C)ccc1N(CCCl)CCCl. The Hall–Kier alpha value is -0.930. The number of nitrogens with zero attached hydrogens (tertiary/aromatic N) is 3. The van der Waals surface area contributed by atoms with Crippen LogP contribution in [0.1, 0.15) is 11.1 Å². The first-order valence-corrected chi connectivity index (χ1v) is 7.34. The highest BCUT2D eigenvalue weighted by Gasteiger charge is 2.08. The van der Waals surface area contributed by atoms with Gasteiger partial charge < -0.3 is 9.91 Å². The van der Waals surface area contributed by atoms with Crippen molar-refractivity contribution in [3.05, 3.63) is 29.3 Å². The summed E-state index contributed by atoms with van der Waals surface area (Å²) in [6.45, 7) is 3.71. The molecule has 0 spiro atoms. The van der Waals surface area contributed by atoms with Crippen LogP contribution in [0.15, 0.2) is 23.3 Å². The lowest BCUT2D eigenvalue weighted by Gasteiger charge is -2.25. The molecule has 19 heavy (non-hydrogen) atoms. The van der Waals surface area contributed by atoms with Crippen LogP contribution in [0.25, 0.3) is 0 Å². The van der Waals surface area contributed by atoms with E-state index < -0.39 is 0 Å². The van der Waals surface area contributed by atoms with Crippen LogP contribution in [0.2, 0.25) is 0 Å². The number of hydrogen-bond acceptors (Lipinski definition) is 3. The van der Waals surface area contributed by atoms with Crippen molar-refractivity contribution in [2.75, 3.05) is 43.8 Å². The third-order valence-corrected chi connectivity index (χ3v) is 3.05. The molecule has 3 nitrogen and oxygen atoms in total. The van der Waals surface area contributed by atoms with Gasteiger partial charge in [-0.25, -0.2) is 0 Å². The van der Waals surface area contributed by atoms with Gasteiger partial charge in [0.25, 0.3) is 0 Å². The first-order chi connectivity index (χ1) is 9.08. The average molecular weight is 302 g/mol. The van der Waals surface area contributed by atoms with Crippen LogP contribution in [-0.4, -0.2) is 50.2 Å². The normalized spacial score (nSPS) is 11.0. The first kappa shape index (κ1) is 16.1. The lowest BCUT2D eigenvalue weighted by Crippen LogP contribution is -2.28. The minimum Gasteiger partial charge on any atom is -0.369 e. The molecule has 0 aliphatic rings. The number of halogens is 2. The summed E-state index contributed by atoms with van der Waals surface area (Å²) >= 11 is 11.7. The Kier molecular flexibility index (Phi) is 7.03. The van der Waals surface area contributed by atoms with Crippen LogP contribution in [0, 0.1) is 6.92 Å². The molecule has 1 aromatic rings. The van der Waals surface area contributed by atoms with Crippen molar-refractivity contribution in [2.45, 2.75) is 6.92 Å². The molecule has 0 unspecified atom stereocenters. The fourth-order valence-corrected chi connectivity index (χ4v) is 2.26. The fraction of sp³-hybridized carbons (Fsp3) is 0.500. The van der Waals surface area contributed by atoms with Gasteiger partial charge in [0.1, 0.15) is 0 Å². The lowest BCUT2D eigenvalue weighted by molar-refractivity contribution is 0.440. The zero-order valence-electron chi connectivity index (χ0n) is 11.7. The maximum atomic E-state index is 5.84. The van der Waals surface area contributed by atoms with Gasteiger partial charge in [-0.1, -0.05) is 6.07 Å². The van der Waals surface area contributed by atoms with E-state index in [0.29, 0.717) is 11.8 Å². The monoisotopic (exact) mass is 301 g/mol. The summed E-state index contributed by atoms with van der Waals surface area (Å²) < 4.78 is 0. The Labute approximate surface area is 125 Å². The van der Waals surface area contributed by atoms with E-state index in [9.17, 15) is 0 Å². The predicted octanol–water partition coefficient (Wildman–Crippen LogP) is 3.17. The molecular weight excluding hydrogens is 281 g/mol. The molecular formula is C14H21Cl2N3. The molecule has 0 radical (unpaired) electrons. The highest BCUT2D eigenvalue weighted by molar-refractivity contribution is 6.18. The Balaban J connectivity index is 2.91. The third kappa shape index (κ3) is 5.29. The van der Waals surface area contributed by atoms with Gasteiger partial charge in [0.05, 0.1) is 6.21 Å². The van der Waals surface area contributed by atoms with Crippen LogP contribution in [0.5, 0.6) is 0 Å². The number of hydrogen-bond donors (Lipinski definition) is 0. The summed E-state index contributed by atoms with van der Waals surface area (Å²) in [6.07, 6.45) is 1.85. The second kappa shape index (κ2) is 8.28. The highest BCUT2D eigenvalue weighted by Crippen LogP contribution is 2.21. The van der Waals surface area contributed by atoms with Crippen molar-refractivity contribution in [2.24, 2.45) is 5.10 Å². The predicted molar refractivity (Wildman–Crippen MR) is 86.1 cm³/mol. The van der Waals surface area contributed by atoms with Gasteiger partial charge >= 0.3 is 0 Å². The van der Waals surface area contributed by atoms with Crippen molar-refractivity contribution >= 4 is 35.1 Å². The summed E-state index contributed by atoms with van der Waals surface area (Å²) in [5, 5.41) is 6.01. The molecule has 1 rings (SSSR count). The molecule has 0 bridgehead atoms. The van der Waals surface area contributed by atoms with E-state index in [0.717, 1.165) is 18.7 Å². The van der Waals surface area contributed by atoms with Crippen molar-refractivity contribution in [3.8, 4) is 0 Å². The molecule has 0 amide bonds. The number of anilines is 1. The van der Waals surface area contributed by atoms with Crippen LogP contribution < -0.4 is 4.90 Å². The van der Waals surface area contributed by atoms with Gasteiger partial charge in [-0.05, 0) is 30.2 Å². The summed E-state index contributed by atoms with van der Waals surface area (Å²) in [7, 11) is 3.81. The van der Waals surface area contributed by atoms with Gasteiger partial charge in [0, 0.05) is 44.6 Å². The molecule has 0 saturated carbocycles. The van der Waals surface area contributed by atoms with E-state index in [2.05, 4.69) is 35.1 Å². The van der Waals surface area contributed by atoms with Crippen LogP contribution in [0.4, 0.5) is 5.69 Å². The molecule has 0 aromatic heterocycles. The second-order valence-electron chi connectivity index (χ2n) is 4.50. The largest absolute Gasteiger partial charge is 0.369 e. The molecule has 0 fully saturated rings. The fourth-order valence-electron chi connectivity index (χ4n) is 1.85. The molecule has 0 saturated heterocycles. The topological polar surface area (TPSA) is 18.8 Å². The quantitative estimate of drug-likeness (QED) is 0.438. The maximum Gasteiger partial charge on any atom is 0.0542 e. The van der Waals surface area contributed by atoms with Crippen molar-refractivity contribution < 1.29 is 0 Å². The molecule has 1 aromatic carbocycles. The Bertz CT molecular complexity index is 413. The van der Waals surface area contributed by atoms with Crippen LogP contribution in [-0.2, 0) is 0 Å². The number of aryl methyl sites for hydroxylation is 1. The third-order valence-electron chi connectivity index (χ3n) is 2.71. The van der Waals surface area contributed by atoms with Crippen molar-refractivity contribution in [3.63, 3.8) is 0 Å². The first-order valence-electron chi connectivity index (χ1n) is 6.27. The summed E-state index contributed by atoms with van der Waals surface area (Å²) in [6, 6.07) is 6.29. The van der Waals surface area contributed by atoms with Crippen molar-refractivity contribution in [1.82, 2.24) is 5.01 Å². The number of benzene rings is 1. The molecule has 0 N–H and O–H groups in total. The van der Waals surface area contributed by atoms with E-state index in [1.807, 2.05) is 20.3 Å². The Morgan fingerprint density at radius 2 is 1.79 bits per heavy atom. The summed E-state index contributed by atoms with van der Waals surface area (Å²) in [5.74, 6) is 1.19. The molecule has 0 aliphatic heterocycles. The van der Waals surface area contributed by atoms with Gasteiger partial charge in [-0.15, -0.1) is 23.2 Å². The Morgan fingerprint density at radius 1 is 1.16 bits per heavy atom. The maximum absolute atomic E-state index is 5.84. The molecule has 5 heteroatoms. The second-order valence-corrected chi connectivity index (χ2v) is 5.26. The van der Waals surface area contributed by atoms with E-state index in [-0.39, 0.29) is 0 Å². The summed E-state index contributed by atoms with van der Waals surface area (Å²) in [5.41, 5.74) is 3.48. The molecule has 106 valence electrons. The molecule has 0 atom stereocenters. The standard InChI is InChI=1S/C14H21Cl2N3/c1-12-10-13(11-17-18(2)3)4-5-14(12)19(8-6-15)9-7-16/h4-5,10-11H,6-9H2,1-3H3/b17-11+. The van der Waals surface area contributed by atoms with Crippen LogP contribution in [0.3, 0.4) is 0 Å². The van der Waals surface area contributed by atoms with E-state index in [1.165, 1.54) is 11.3 Å². The molecule has 0 aliphatic carbocycles. The van der Waals surface area contributed by atoms with E-state index >= 15 is 0 Å². The average Bonchev–Trinajstić information content (AvgIpc) is 2.36. The number of rotatable bonds is 7. The van der Waals surface area contributed by atoms with E-state index in [4.69, 9.17) is 23.2 Å². The van der Waals surface area contributed by atoms with E-state index in [1.54, 1.807) is 5.01 Å². The minimum atomic E-state index is 0.597. The van der Waals surface area contributed by atoms with Gasteiger partial charge in [-0.3, -0.25) is 0 Å². The zero-order valence-corrected chi connectivity index (χ0v) is 13.2. The van der Waals surface area contributed by atoms with Gasteiger partial charge in [-0.2, -0.15) is 5.10 Å². The zero-order chi connectivity index (χ0) is 14.3. The van der Waals surface area contributed by atoms with Gasteiger partial charge in [0.15, 0.2) is 0 Å². The number of alkyl halides is 2. The molecule has 0 heterocycles. The van der Waals surface area contributed by atoms with Crippen molar-refractivity contribution in [1.29, 1.82) is 0 Å². The lowest BCUT2D eigenvalue weighted by atomic mass is 10.1. The smallest absolute Gasteiger partial charge is 0.0542 e. The Morgan fingerprint density at radius 3 is 2.26 bits per heavy atom. The number of hydrazone groups is 1.